The Morgan fingerprint density at radius 1 is 1.26 bits per heavy atom. The summed E-state index contributed by atoms with van der Waals surface area (Å²) in [6.07, 6.45) is 4.31. The second-order valence-electron chi connectivity index (χ2n) is 5.54. The summed E-state index contributed by atoms with van der Waals surface area (Å²) in [4.78, 5) is 25.3. The minimum Gasteiger partial charge on any atom is -0.353 e. The van der Waals surface area contributed by atoms with Gasteiger partial charge in [0.1, 0.15) is 0 Å². The lowest BCUT2D eigenvalue weighted by Gasteiger charge is -2.32. The average Bonchev–Trinajstić information content (AvgIpc) is 2.36. The minimum atomic E-state index is 0.00533. The van der Waals surface area contributed by atoms with E-state index >= 15 is 0 Å². The maximum atomic E-state index is 11.8. The van der Waals surface area contributed by atoms with Crippen molar-refractivity contribution in [2.75, 3.05) is 13.1 Å². The van der Waals surface area contributed by atoms with Crippen molar-refractivity contribution in [2.24, 2.45) is 0 Å². The summed E-state index contributed by atoms with van der Waals surface area (Å²) in [5, 5.41) is 5.95. The van der Waals surface area contributed by atoms with Crippen LogP contribution in [-0.4, -0.2) is 42.0 Å². The zero-order valence-corrected chi connectivity index (χ0v) is 12.4. The molecule has 110 valence electrons. The number of nitrogens with zero attached hydrogens (tertiary/aromatic N) is 1. The lowest BCUT2D eigenvalue weighted by molar-refractivity contribution is -0.122. The molecule has 2 N–H and O–H groups in total. The molecule has 1 heterocycles. The zero-order chi connectivity index (χ0) is 14.3. The lowest BCUT2D eigenvalue weighted by Crippen LogP contribution is -2.50. The van der Waals surface area contributed by atoms with Crippen molar-refractivity contribution < 1.29 is 9.59 Å². The molecule has 19 heavy (non-hydrogen) atoms. The molecule has 0 bridgehead atoms. The van der Waals surface area contributed by atoms with Crippen LogP contribution in [0.15, 0.2) is 0 Å². The van der Waals surface area contributed by atoms with Crippen LogP contribution < -0.4 is 10.6 Å². The third-order valence-corrected chi connectivity index (χ3v) is 3.32. The maximum absolute atomic E-state index is 11.8. The van der Waals surface area contributed by atoms with Crippen LogP contribution in [0.3, 0.4) is 0 Å². The second-order valence-corrected chi connectivity index (χ2v) is 5.54. The molecule has 0 unspecified atom stereocenters. The first-order valence-electron chi connectivity index (χ1n) is 7.37. The van der Waals surface area contributed by atoms with Crippen LogP contribution in [0.2, 0.25) is 0 Å². The Hall–Kier alpha value is -1.26. The molecule has 1 fully saturated rings. The van der Waals surface area contributed by atoms with Crippen LogP contribution in [0.1, 0.15) is 52.9 Å². The van der Waals surface area contributed by atoms with Crippen molar-refractivity contribution in [3.05, 3.63) is 0 Å². The molecular formula is C14H27N3O2. The number of rotatable bonds is 5. The number of hydrogen-bond acceptors (Lipinski definition) is 2. The van der Waals surface area contributed by atoms with Crippen LogP contribution in [0.25, 0.3) is 0 Å². The molecule has 0 aromatic rings. The summed E-state index contributed by atoms with van der Waals surface area (Å²) in [7, 11) is 0. The molecule has 0 radical (unpaired) electrons. The SMILES string of the molecule is CCCCC(=O)NC1CCN(C(=O)NC(C)C)CC1. The van der Waals surface area contributed by atoms with Crippen molar-refractivity contribution in [2.45, 2.75) is 65.0 Å². The van der Waals surface area contributed by atoms with Crippen LogP contribution in [0, 0.1) is 0 Å². The van der Waals surface area contributed by atoms with E-state index in [-0.39, 0.29) is 24.0 Å². The number of hydrogen-bond donors (Lipinski definition) is 2. The fraction of sp³-hybridized carbons (Fsp3) is 0.857. The van der Waals surface area contributed by atoms with E-state index in [1.165, 1.54) is 0 Å². The van der Waals surface area contributed by atoms with Crippen LogP contribution in [-0.2, 0) is 4.79 Å². The van der Waals surface area contributed by atoms with E-state index in [9.17, 15) is 9.59 Å². The number of carbonyl (C=O) groups excluding carboxylic acids is 2. The van der Waals surface area contributed by atoms with Gasteiger partial charge in [-0.2, -0.15) is 0 Å². The number of urea groups is 1. The normalized spacial score (nSPS) is 16.5. The Labute approximate surface area is 116 Å². The first-order valence-corrected chi connectivity index (χ1v) is 7.37. The van der Waals surface area contributed by atoms with Crippen LogP contribution in [0.5, 0.6) is 0 Å². The van der Waals surface area contributed by atoms with Gasteiger partial charge >= 0.3 is 6.03 Å². The van der Waals surface area contributed by atoms with Gasteiger partial charge in [-0.3, -0.25) is 4.79 Å². The van der Waals surface area contributed by atoms with Gasteiger partial charge in [-0.1, -0.05) is 13.3 Å². The van der Waals surface area contributed by atoms with Crippen LogP contribution >= 0.6 is 0 Å². The Morgan fingerprint density at radius 3 is 2.42 bits per heavy atom. The minimum absolute atomic E-state index is 0.00533. The van der Waals surface area contributed by atoms with E-state index < -0.39 is 0 Å². The molecule has 0 atom stereocenters. The summed E-state index contributed by atoms with van der Waals surface area (Å²) >= 11 is 0. The van der Waals surface area contributed by atoms with E-state index in [1.54, 1.807) is 0 Å². The number of carbonyl (C=O) groups is 2. The predicted octanol–water partition coefficient (Wildman–Crippen LogP) is 1.88. The molecule has 1 aliphatic heterocycles. The van der Waals surface area contributed by atoms with Gasteiger partial charge in [0.25, 0.3) is 0 Å². The van der Waals surface area contributed by atoms with Gasteiger partial charge in [0.15, 0.2) is 0 Å². The highest BCUT2D eigenvalue weighted by Gasteiger charge is 2.23. The lowest BCUT2D eigenvalue weighted by atomic mass is 10.0. The second kappa shape index (κ2) is 8.02. The molecule has 0 saturated carbocycles. The van der Waals surface area contributed by atoms with Gasteiger partial charge in [0.2, 0.25) is 5.91 Å². The number of likely N-dealkylation sites (tertiary alicyclic amines) is 1. The summed E-state index contributed by atoms with van der Waals surface area (Å²) in [6, 6.07) is 0.400. The van der Waals surface area contributed by atoms with E-state index in [0.717, 1.165) is 38.8 Å². The average molecular weight is 269 g/mol. The summed E-state index contributed by atoms with van der Waals surface area (Å²) < 4.78 is 0. The van der Waals surface area contributed by atoms with E-state index in [0.29, 0.717) is 6.42 Å². The van der Waals surface area contributed by atoms with E-state index in [1.807, 2.05) is 18.7 Å². The molecule has 1 aliphatic rings. The number of piperidine rings is 1. The van der Waals surface area contributed by atoms with Gasteiger partial charge in [0.05, 0.1) is 0 Å². The molecule has 0 aliphatic carbocycles. The smallest absolute Gasteiger partial charge is 0.317 e. The Balaban J connectivity index is 2.25. The first kappa shape index (κ1) is 15.8. The molecule has 0 spiro atoms. The van der Waals surface area contributed by atoms with Crippen molar-refractivity contribution in [3.8, 4) is 0 Å². The van der Waals surface area contributed by atoms with Gasteiger partial charge in [-0.15, -0.1) is 0 Å². The van der Waals surface area contributed by atoms with Gasteiger partial charge in [-0.25, -0.2) is 4.79 Å². The Morgan fingerprint density at radius 2 is 1.89 bits per heavy atom. The fourth-order valence-electron chi connectivity index (χ4n) is 2.20. The summed E-state index contributed by atoms with van der Waals surface area (Å²) in [5.74, 6) is 0.145. The number of nitrogens with one attached hydrogen (secondary N) is 2. The first-order chi connectivity index (χ1) is 9.02. The van der Waals surface area contributed by atoms with E-state index in [4.69, 9.17) is 0 Å². The Bertz CT molecular complexity index is 297. The largest absolute Gasteiger partial charge is 0.353 e. The van der Waals surface area contributed by atoms with Crippen molar-refractivity contribution in [1.82, 2.24) is 15.5 Å². The third kappa shape index (κ3) is 5.94. The molecule has 1 saturated heterocycles. The number of unbranched alkanes of at least 4 members (excludes halogenated alkanes) is 1. The highest BCUT2D eigenvalue weighted by Crippen LogP contribution is 2.11. The topological polar surface area (TPSA) is 61.4 Å². The highest BCUT2D eigenvalue weighted by atomic mass is 16.2. The van der Waals surface area contributed by atoms with Gasteiger partial charge in [0, 0.05) is 31.6 Å². The third-order valence-electron chi connectivity index (χ3n) is 3.32. The summed E-state index contributed by atoms with van der Waals surface area (Å²) in [5.41, 5.74) is 0. The van der Waals surface area contributed by atoms with E-state index in [2.05, 4.69) is 17.6 Å². The van der Waals surface area contributed by atoms with Crippen molar-refractivity contribution >= 4 is 11.9 Å². The molecule has 0 aromatic heterocycles. The highest BCUT2D eigenvalue weighted by molar-refractivity contribution is 5.76. The molecule has 5 heteroatoms. The van der Waals surface area contributed by atoms with Crippen molar-refractivity contribution in [1.29, 1.82) is 0 Å². The summed E-state index contributed by atoms with van der Waals surface area (Å²) in [6.45, 7) is 7.44. The monoisotopic (exact) mass is 269 g/mol. The zero-order valence-electron chi connectivity index (χ0n) is 12.4. The maximum Gasteiger partial charge on any atom is 0.317 e. The molecular weight excluding hydrogens is 242 g/mol. The number of amides is 3. The standard InChI is InChI=1S/C14H27N3O2/c1-4-5-6-13(18)16-12-7-9-17(10-8-12)14(19)15-11(2)3/h11-12H,4-10H2,1-3H3,(H,15,19)(H,16,18). The van der Waals surface area contributed by atoms with Gasteiger partial charge < -0.3 is 15.5 Å². The molecule has 5 nitrogen and oxygen atoms in total. The van der Waals surface area contributed by atoms with Crippen LogP contribution in [0.4, 0.5) is 4.79 Å². The molecule has 3 amide bonds. The predicted molar refractivity (Wildman–Crippen MR) is 75.9 cm³/mol. The molecule has 1 rings (SSSR count). The van der Waals surface area contributed by atoms with Crippen molar-refractivity contribution in [3.63, 3.8) is 0 Å². The quantitative estimate of drug-likeness (QED) is 0.800. The van der Waals surface area contributed by atoms with Gasteiger partial charge in [-0.05, 0) is 33.1 Å². The Kier molecular flexibility index (Phi) is 6.67. The molecule has 0 aromatic carbocycles. The fourth-order valence-corrected chi connectivity index (χ4v) is 2.20.